The maximum atomic E-state index is 9.38. The maximum absolute atomic E-state index is 9.38. The van der Waals surface area contributed by atoms with Crippen LogP contribution in [0.5, 0.6) is 0 Å². The van der Waals surface area contributed by atoms with Crippen molar-refractivity contribution in [2.45, 2.75) is 43.9 Å². The lowest BCUT2D eigenvalue weighted by Gasteiger charge is -2.38. The molecule has 0 amide bonds. The molecule has 1 N–H and O–H groups in total. The van der Waals surface area contributed by atoms with Crippen LogP contribution in [0.2, 0.25) is 0 Å². The fraction of sp³-hybridized carbons (Fsp3) is 0.600. The molecule has 16 heavy (non-hydrogen) atoms. The number of hydrogen-bond acceptors (Lipinski definition) is 1. The molecule has 86 valence electrons. The molecule has 1 aromatic rings. The highest BCUT2D eigenvalue weighted by atomic mass is 16.3. The van der Waals surface area contributed by atoms with Gasteiger partial charge in [0.15, 0.2) is 0 Å². The number of benzene rings is 1. The molecule has 0 heterocycles. The molecule has 0 aromatic heterocycles. The molecular weight excluding hydrogens is 196 g/mol. The molecule has 2 aliphatic carbocycles. The molecule has 1 saturated carbocycles. The molecule has 2 aliphatic rings. The third kappa shape index (κ3) is 1.21. The Balaban J connectivity index is 2.11. The smallest absolute Gasteiger partial charge is 0.0468 e. The van der Waals surface area contributed by atoms with Gasteiger partial charge in [0.05, 0.1) is 0 Å². The van der Waals surface area contributed by atoms with Gasteiger partial charge in [0.1, 0.15) is 0 Å². The third-order valence-corrected chi connectivity index (χ3v) is 4.84. The zero-order chi connectivity index (χ0) is 11.4. The van der Waals surface area contributed by atoms with Gasteiger partial charge in [-0.05, 0) is 41.7 Å². The molecule has 1 spiro atoms. The normalized spacial score (nSPS) is 34.8. The molecule has 0 bridgehead atoms. The van der Waals surface area contributed by atoms with Gasteiger partial charge in [-0.15, -0.1) is 0 Å². The predicted molar refractivity (Wildman–Crippen MR) is 65.6 cm³/mol. The summed E-state index contributed by atoms with van der Waals surface area (Å²) in [7, 11) is 0. The maximum Gasteiger partial charge on any atom is 0.0468 e. The second-order valence-electron chi connectivity index (χ2n) is 6.17. The van der Waals surface area contributed by atoms with E-state index in [1.807, 2.05) is 0 Å². The lowest BCUT2D eigenvalue weighted by Crippen LogP contribution is -2.31. The Labute approximate surface area is 97.5 Å². The van der Waals surface area contributed by atoms with E-state index < -0.39 is 0 Å². The van der Waals surface area contributed by atoms with Crippen LogP contribution in [0.3, 0.4) is 0 Å². The third-order valence-electron chi connectivity index (χ3n) is 4.84. The number of hydrogen-bond donors (Lipinski definition) is 1. The first-order valence-corrected chi connectivity index (χ1v) is 6.31. The van der Waals surface area contributed by atoms with Gasteiger partial charge in [-0.3, -0.25) is 0 Å². The second kappa shape index (κ2) is 3.10. The lowest BCUT2D eigenvalue weighted by molar-refractivity contribution is 0.252. The van der Waals surface area contributed by atoms with Gasteiger partial charge in [-0.1, -0.05) is 38.1 Å². The van der Waals surface area contributed by atoms with Gasteiger partial charge < -0.3 is 5.11 Å². The van der Waals surface area contributed by atoms with Crippen LogP contribution in [0.4, 0.5) is 0 Å². The highest BCUT2D eigenvalue weighted by Gasteiger charge is 2.58. The van der Waals surface area contributed by atoms with Crippen molar-refractivity contribution in [1.82, 2.24) is 0 Å². The zero-order valence-corrected chi connectivity index (χ0v) is 10.2. The molecule has 0 saturated heterocycles. The van der Waals surface area contributed by atoms with E-state index in [-0.39, 0.29) is 0 Å². The summed E-state index contributed by atoms with van der Waals surface area (Å²) in [6, 6.07) is 8.86. The van der Waals surface area contributed by atoms with Gasteiger partial charge in [0.2, 0.25) is 0 Å². The van der Waals surface area contributed by atoms with Crippen LogP contribution >= 0.6 is 0 Å². The molecule has 3 rings (SSSR count). The first-order chi connectivity index (χ1) is 7.60. The van der Waals surface area contributed by atoms with Crippen molar-refractivity contribution in [3.63, 3.8) is 0 Å². The molecule has 0 aliphatic heterocycles. The molecule has 1 aromatic carbocycles. The molecule has 1 fully saturated rings. The second-order valence-corrected chi connectivity index (χ2v) is 6.17. The summed E-state index contributed by atoms with van der Waals surface area (Å²) in [5.74, 6) is 0.518. The minimum absolute atomic E-state index is 0.310. The molecule has 0 radical (unpaired) electrons. The molecular formula is C15H20O. The summed E-state index contributed by atoms with van der Waals surface area (Å²) in [6.07, 6.45) is 3.69. The van der Waals surface area contributed by atoms with Crippen LogP contribution in [0.15, 0.2) is 24.3 Å². The van der Waals surface area contributed by atoms with E-state index in [1.54, 1.807) is 0 Å². The Morgan fingerprint density at radius 2 is 1.88 bits per heavy atom. The number of fused-ring (bicyclic) bond motifs is 2. The summed E-state index contributed by atoms with van der Waals surface area (Å²) < 4.78 is 0. The average Bonchev–Trinajstić information content (AvgIpc) is 3.00. The first kappa shape index (κ1) is 10.3. The highest BCUT2D eigenvalue weighted by Crippen LogP contribution is 2.62. The Hall–Kier alpha value is -0.820. The summed E-state index contributed by atoms with van der Waals surface area (Å²) >= 11 is 0. The van der Waals surface area contributed by atoms with E-state index in [9.17, 15) is 5.11 Å². The number of rotatable bonds is 1. The van der Waals surface area contributed by atoms with E-state index in [4.69, 9.17) is 0 Å². The summed E-state index contributed by atoms with van der Waals surface area (Å²) in [6.45, 7) is 5.04. The van der Waals surface area contributed by atoms with Gasteiger partial charge in [-0.2, -0.15) is 0 Å². The molecule has 2 atom stereocenters. The van der Waals surface area contributed by atoms with Crippen LogP contribution < -0.4 is 0 Å². The molecule has 2 unspecified atom stereocenters. The van der Waals surface area contributed by atoms with Crippen molar-refractivity contribution in [3.8, 4) is 0 Å². The van der Waals surface area contributed by atoms with E-state index in [0.29, 0.717) is 23.4 Å². The van der Waals surface area contributed by atoms with E-state index >= 15 is 0 Å². The predicted octanol–water partition coefficient (Wildman–Crippen LogP) is 3.01. The van der Waals surface area contributed by atoms with Crippen molar-refractivity contribution in [3.05, 3.63) is 35.4 Å². The van der Waals surface area contributed by atoms with Crippen LogP contribution in [-0.2, 0) is 10.8 Å². The molecule has 1 heteroatoms. The fourth-order valence-electron chi connectivity index (χ4n) is 3.57. The van der Waals surface area contributed by atoms with E-state index in [2.05, 4.69) is 38.1 Å². The van der Waals surface area contributed by atoms with Crippen molar-refractivity contribution in [1.29, 1.82) is 0 Å². The van der Waals surface area contributed by atoms with Crippen molar-refractivity contribution in [2.75, 3.05) is 6.61 Å². The minimum Gasteiger partial charge on any atom is -0.396 e. The van der Waals surface area contributed by atoms with Crippen LogP contribution in [0, 0.1) is 5.92 Å². The SMILES string of the molecule is CC1(C)CCC2(CC2CO)c2ccccc21. The summed E-state index contributed by atoms with van der Waals surface area (Å²) in [5.41, 5.74) is 3.67. The Morgan fingerprint density at radius 3 is 2.50 bits per heavy atom. The first-order valence-electron chi connectivity index (χ1n) is 6.31. The average molecular weight is 216 g/mol. The Bertz CT molecular complexity index is 421. The molecule has 1 nitrogen and oxygen atoms in total. The van der Waals surface area contributed by atoms with Crippen molar-refractivity contribution in [2.24, 2.45) is 5.92 Å². The van der Waals surface area contributed by atoms with Gasteiger partial charge in [0, 0.05) is 12.0 Å². The standard InChI is InChI=1S/C15H20O/c1-14(2)7-8-15(9-11(15)10-16)13-6-4-3-5-12(13)14/h3-6,11,16H,7-10H2,1-2H3. The van der Waals surface area contributed by atoms with Gasteiger partial charge >= 0.3 is 0 Å². The highest BCUT2D eigenvalue weighted by molar-refractivity contribution is 5.46. The number of aliphatic hydroxyl groups excluding tert-OH is 1. The quantitative estimate of drug-likeness (QED) is 0.765. The van der Waals surface area contributed by atoms with Crippen molar-refractivity contribution < 1.29 is 5.11 Å². The van der Waals surface area contributed by atoms with E-state index in [1.165, 1.54) is 30.4 Å². The van der Waals surface area contributed by atoms with Crippen LogP contribution in [0.25, 0.3) is 0 Å². The zero-order valence-electron chi connectivity index (χ0n) is 10.2. The Kier molecular flexibility index (Phi) is 2.00. The fourth-order valence-corrected chi connectivity index (χ4v) is 3.57. The number of aliphatic hydroxyl groups is 1. The van der Waals surface area contributed by atoms with E-state index in [0.717, 1.165) is 0 Å². The monoisotopic (exact) mass is 216 g/mol. The minimum atomic E-state index is 0.310. The summed E-state index contributed by atoms with van der Waals surface area (Å²) in [5, 5.41) is 9.38. The van der Waals surface area contributed by atoms with Gasteiger partial charge in [-0.25, -0.2) is 0 Å². The van der Waals surface area contributed by atoms with Crippen LogP contribution in [-0.4, -0.2) is 11.7 Å². The lowest BCUT2D eigenvalue weighted by atomic mass is 9.66. The Morgan fingerprint density at radius 1 is 1.19 bits per heavy atom. The van der Waals surface area contributed by atoms with Crippen LogP contribution in [0.1, 0.15) is 44.2 Å². The van der Waals surface area contributed by atoms with Gasteiger partial charge in [0.25, 0.3) is 0 Å². The summed E-state index contributed by atoms with van der Waals surface area (Å²) in [4.78, 5) is 0. The topological polar surface area (TPSA) is 20.2 Å². The largest absolute Gasteiger partial charge is 0.396 e. The van der Waals surface area contributed by atoms with Crippen molar-refractivity contribution >= 4 is 0 Å².